The highest BCUT2D eigenvalue weighted by Crippen LogP contribution is 2.34. The fraction of sp³-hybridized carbons (Fsp3) is 0.273. The van der Waals surface area contributed by atoms with Gasteiger partial charge in [-0.05, 0) is 60.9 Å². The molecule has 2 aromatic carbocycles. The van der Waals surface area contributed by atoms with Gasteiger partial charge in [0.25, 0.3) is 0 Å². The third-order valence-corrected chi connectivity index (χ3v) is 4.05. The molecule has 0 saturated heterocycles. The molecule has 0 atom stereocenters. The normalized spacial score (nSPS) is 9.83. The monoisotopic (exact) mass is 407 g/mol. The van der Waals surface area contributed by atoms with Gasteiger partial charge in [0.2, 0.25) is 0 Å². The molecule has 0 spiro atoms. The van der Waals surface area contributed by atoms with Gasteiger partial charge in [0.15, 0.2) is 6.61 Å². The van der Waals surface area contributed by atoms with Crippen molar-refractivity contribution in [2.45, 2.75) is 20.3 Å². The quantitative estimate of drug-likeness (QED) is 0.629. The number of nitrogens with one attached hydrogen (secondary N) is 1. The van der Waals surface area contributed by atoms with E-state index in [-0.39, 0.29) is 15.3 Å². The molecule has 0 fully saturated rings. The number of ether oxygens (including phenoxy) is 2. The third-order valence-electron chi connectivity index (χ3n) is 4.05. The maximum Gasteiger partial charge on any atom is 0.341 e. The number of fused-ring (bicyclic) bond motifs is 1. The molecular weight excluding hydrogens is 377 g/mol. The van der Waals surface area contributed by atoms with Crippen LogP contribution in [0.3, 0.4) is 0 Å². The van der Waals surface area contributed by atoms with Crippen molar-refractivity contribution in [3.63, 3.8) is 0 Å². The van der Waals surface area contributed by atoms with Crippen LogP contribution in [0.15, 0.2) is 36.4 Å². The van der Waals surface area contributed by atoms with Crippen molar-refractivity contribution in [3.8, 4) is 17.0 Å². The van der Waals surface area contributed by atoms with Crippen LogP contribution < -0.4 is 4.74 Å². The first kappa shape index (κ1) is 23.8. The van der Waals surface area contributed by atoms with Crippen LogP contribution in [0.4, 0.5) is 4.39 Å². The first-order chi connectivity index (χ1) is 13.9. The molecular formula is C22H30FNO5. The van der Waals surface area contributed by atoms with Gasteiger partial charge in [-0.15, -0.1) is 0 Å². The number of hydrogen-bond donors (Lipinski definition) is 2. The summed E-state index contributed by atoms with van der Waals surface area (Å²) in [5.41, 5.74) is 4.87. The molecule has 0 aliphatic heterocycles. The van der Waals surface area contributed by atoms with Gasteiger partial charge in [-0.1, -0.05) is 6.92 Å². The van der Waals surface area contributed by atoms with Crippen LogP contribution in [0.25, 0.3) is 22.2 Å². The molecule has 7 heteroatoms. The minimum absolute atomic E-state index is 0. The number of benzene rings is 2. The van der Waals surface area contributed by atoms with Crippen molar-refractivity contribution in [2.24, 2.45) is 0 Å². The largest absolute Gasteiger partial charge is 0.482 e. The summed E-state index contributed by atoms with van der Waals surface area (Å²) in [6.07, 6.45) is 0.773. The Hall–Kier alpha value is -3.19. The molecule has 0 bridgehead atoms. The second-order valence-electron chi connectivity index (χ2n) is 6.09. The molecule has 160 valence electrons. The minimum atomic E-state index is -1.01. The lowest BCUT2D eigenvalue weighted by molar-refractivity contribution is -0.139. The molecule has 3 rings (SSSR count). The van der Waals surface area contributed by atoms with E-state index in [1.165, 1.54) is 6.07 Å². The number of H-pyrrole nitrogens is 1. The van der Waals surface area contributed by atoms with E-state index in [0.717, 1.165) is 39.7 Å². The number of halogens is 1. The number of aromatic nitrogens is 1. The van der Waals surface area contributed by atoms with Crippen molar-refractivity contribution in [1.29, 1.82) is 0 Å². The van der Waals surface area contributed by atoms with Gasteiger partial charge < -0.3 is 24.4 Å². The number of aryl methyl sites for hydroxylation is 2. The van der Waals surface area contributed by atoms with E-state index in [1.807, 2.05) is 32.8 Å². The Kier molecular flexibility index (Phi) is 9.55. The summed E-state index contributed by atoms with van der Waals surface area (Å²) in [6, 6.07) is 10.2. The zero-order valence-corrected chi connectivity index (χ0v) is 17.0. The van der Waals surface area contributed by atoms with Gasteiger partial charge in [0.1, 0.15) is 18.4 Å². The highest BCUT2D eigenvalue weighted by atomic mass is 19.1. The van der Waals surface area contributed by atoms with Gasteiger partial charge in [-0.25, -0.2) is 9.18 Å². The lowest BCUT2D eigenvalue weighted by Gasteiger charge is -2.10. The Balaban J connectivity index is 0. The lowest BCUT2D eigenvalue weighted by Crippen LogP contribution is -2.09. The van der Waals surface area contributed by atoms with Gasteiger partial charge >= 0.3 is 5.97 Å². The number of methoxy groups -OCH3 is 1. The van der Waals surface area contributed by atoms with Crippen molar-refractivity contribution in [3.05, 3.63) is 53.3 Å². The number of aliphatic carboxylic acids is 1. The van der Waals surface area contributed by atoms with Crippen LogP contribution in [-0.4, -0.2) is 43.7 Å². The number of rotatable bonds is 5. The van der Waals surface area contributed by atoms with Gasteiger partial charge in [-0.3, -0.25) is 0 Å². The molecule has 0 aliphatic carbocycles. The summed E-state index contributed by atoms with van der Waals surface area (Å²) in [4.78, 5) is 22.0. The predicted octanol–water partition coefficient (Wildman–Crippen LogP) is 4.88. The number of carbonyl (C=O) groups excluding carboxylic acids is 1. The number of hydrogen-bond acceptors (Lipinski definition) is 4. The zero-order valence-electron chi connectivity index (χ0n) is 17.0. The van der Waals surface area contributed by atoms with Crippen molar-refractivity contribution >= 4 is 23.7 Å². The van der Waals surface area contributed by atoms with Crippen LogP contribution in [0, 0.1) is 12.7 Å². The summed E-state index contributed by atoms with van der Waals surface area (Å²) < 4.78 is 23.0. The van der Waals surface area contributed by atoms with E-state index in [4.69, 9.17) is 14.6 Å². The van der Waals surface area contributed by atoms with Gasteiger partial charge in [0.05, 0.1) is 0 Å². The summed E-state index contributed by atoms with van der Waals surface area (Å²) >= 11 is 0. The average molecular weight is 407 g/mol. The molecule has 0 saturated carbocycles. The number of carboxylic acid groups (broad SMARTS) is 1. The molecule has 0 aliphatic rings. The van der Waals surface area contributed by atoms with Crippen molar-refractivity contribution in [2.75, 3.05) is 20.8 Å². The van der Waals surface area contributed by atoms with Crippen LogP contribution in [0.1, 0.15) is 20.9 Å². The Morgan fingerprint density at radius 1 is 1.21 bits per heavy atom. The fourth-order valence-electron chi connectivity index (χ4n) is 2.97. The smallest absolute Gasteiger partial charge is 0.341 e. The standard InChI is InChI=1S/C19H18FNO3.C2H6O.CH2O.2H2/c1-3-14-16-9-12(20)4-7-17(16)21-19(14)15-6-5-13(8-11(15)2)24-10-18(22)23;1-3-2;1-2;;/h4-9,21H,3,10H2,1-2H3,(H,22,23);1-2H3;1H2;2*1H. The first-order valence-corrected chi connectivity index (χ1v) is 8.85. The molecule has 1 heterocycles. The second-order valence-corrected chi connectivity index (χ2v) is 6.09. The predicted molar refractivity (Wildman–Crippen MR) is 115 cm³/mol. The Morgan fingerprint density at radius 2 is 1.86 bits per heavy atom. The third kappa shape index (κ3) is 6.15. The van der Waals surface area contributed by atoms with E-state index in [0.29, 0.717) is 5.75 Å². The Labute approximate surface area is 172 Å². The molecule has 29 heavy (non-hydrogen) atoms. The fourth-order valence-corrected chi connectivity index (χ4v) is 2.97. The number of aromatic amines is 1. The lowest BCUT2D eigenvalue weighted by atomic mass is 9.99. The summed E-state index contributed by atoms with van der Waals surface area (Å²) in [6.45, 7) is 5.61. The SMILES string of the molecule is C=O.CCc1c(-c2ccc(OCC(=O)O)cc2C)[nH]c2ccc(F)cc12.COC.[HH].[HH]. The first-order valence-electron chi connectivity index (χ1n) is 8.85. The second kappa shape index (κ2) is 11.6. The summed E-state index contributed by atoms with van der Waals surface area (Å²) in [5, 5.41) is 9.57. The molecule has 0 amide bonds. The van der Waals surface area contributed by atoms with E-state index in [2.05, 4.69) is 9.72 Å². The average Bonchev–Trinajstić information content (AvgIpc) is 3.06. The maximum atomic E-state index is 13.6. The molecule has 3 aromatic rings. The van der Waals surface area contributed by atoms with Gasteiger partial charge in [0, 0.05) is 39.2 Å². The van der Waals surface area contributed by atoms with Crippen LogP contribution in [0.5, 0.6) is 5.75 Å². The van der Waals surface area contributed by atoms with E-state index in [9.17, 15) is 9.18 Å². The highest BCUT2D eigenvalue weighted by Gasteiger charge is 2.14. The molecule has 1 aromatic heterocycles. The van der Waals surface area contributed by atoms with E-state index < -0.39 is 5.97 Å². The highest BCUT2D eigenvalue weighted by molar-refractivity contribution is 5.91. The topological polar surface area (TPSA) is 88.6 Å². The van der Waals surface area contributed by atoms with E-state index in [1.54, 1.807) is 32.4 Å². The molecule has 0 radical (unpaired) electrons. The Morgan fingerprint density at radius 3 is 2.41 bits per heavy atom. The van der Waals surface area contributed by atoms with Crippen LogP contribution in [0.2, 0.25) is 0 Å². The molecule has 6 nitrogen and oxygen atoms in total. The number of carbonyl (C=O) groups is 2. The molecule has 0 unspecified atom stereocenters. The summed E-state index contributed by atoms with van der Waals surface area (Å²) in [7, 11) is 3.25. The summed E-state index contributed by atoms with van der Waals surface area (Å²) in [5.74, 6) is -0.751. The number of carboxylic acids is 1. The molecule has 2 N–H and O–H groups in total. The van der Waals surface area contributed by atoms with Gasteiger partial charge in [-0.2, -0.15) is 0 Å². The van der Waals surface area contributed by atoms with Crippen molar-refractivity contribution < 1.29 is 31.4 Å². The zero-order chi connectivity index (χ0) is 22.0. The van der Waals surface area contributed by atoms with E-state index >= 15 is 0 Å². The minimum Gasteiger partial charge on any atom is -0.482 e. The van der Waals surface area contributed by atoms with Crippen LogP contribution >= 0.6 is 0 Å². The van der Waals surface area contributed by atoms with Crippen molar-refractivity contribution in [1.82, 2.24) is 4.98 Å². The maximum absolute atomic E-state index is 13.6. The Bertz CT molecular complexity index is 962. The van der Waals surface area contributed by atoms with Crippen LogP contribution in [-0.2, 0) is 20.7 Å².